The van der Waals surface area contributed by atoms with Gasteiger partial charge >= 0.3 is 0 Å². The van der Waals surface area contributed by atoms with E-state index in [1.54, 1.807) is 36.7 Å². The third-order valence-corrected chi connectivity index (χ3v) is 4.04. The van der Waals surface area contributed by atoms with Crippen LogP contribution in [0.3, 0.4) is 0 Å². The quantitative estimate of drug-likeness (QED) is 0.933. The van der Waals surface area contributed by atoms with E-state index in [2.05, 4.69) is 32.1 Å². The molecule has 1 aliphatic heterocycles. The molecule has 1 aromatic carbocycles. The highest BCUT2D eigenvalue weighted by molar-refractivity contribution is 6.30. The van der Waals surface area contributed by atoms with E-state index in [0.717, 1.165) is 26.2 Å². The van der Waals surface area contributed by atoms with E-state index in [-0.39, 0.29) is 5.91 Å². The molecule has 0 unspecified atom stereocenters. The Hall–Kier alpha value is -2.18. The highest BCUT2D eigenvalue weighted by atomic mass is 35.5. The minimum atomic E-state index is -0.211. The Balaban J connectivity index is 1.63. The van der Waals surface area contributed by atoms with Crippen LogP contribution in [0.15, 0.2) is 36.7 Å². The summed E-state index contributed by atoms with van der Waals surface area (Å²) in [6, 6.07) is 6.72. The number of likely N-dealkylation sites (N-methyl/N-ethyl adjacent to an activating group) is 1. The molecule has 2 aromatic rings. The molecule has 6 nitrogen and oxygen atoms in total. The van der Waals surface area contributed by atoms with Crippen molar-refractivity contribution in [3.05, 3.63) is 47.2 Å². The second kappa shape index (κ2) is 6.93. The summed E-state index contributed by atoms with van der Waals surface area (Å²) in [7, 11) is 2.10. The summed E-state index contributed by atoms with van der Waals surface area (Å²) in [6.07, 6.45) is 3.27. The van der Waals surface area contributed by atoms with Gasteiger partial charge in [0.1, 0.15) is 0 Å². The number of anilines is 2. The van der Waals surface area contributed by atoms with Crippen LogP contribution in [-0.4, -0.2) is 54.0 Å². The molecule has 1 fully saturated rings. The summed E-state index contributed by atoms with van der Waals surface area (Å²) in [5.74, 6) is 0.486. The third-order valence-electron chi connectivity index (χ3n) is 3.79. The maximum atomic E-state index is 12.1. The fourth-order valence-corrected chi connectivity index (χ4v) is 2.49. The number of nitrogens with one attached hydrogen (secondary N) is 1. The predicted octanol–water partition coefficient (Wildman–Crippen LogP) is 2.13. The van der Waals surface area contributed by atoms with E-state index in [9.17, 15) is 4.79 Å². The van der Waals surface area contributed by atoms with Crippen LogP contribution in [0, 0.1) is 0 Å². The highest BCUT2D eigenvalue weighted by Crippen LogP contribution is 2.14. The van der Waals surface area contributed by atoms with Crippen LogP contribution in [0.25, 0.3) is 0 Å². The number of benzene rings is 1. The lowest BCUT2D eigenvalue weighted by Gasteiger charge is -2.32. The molecular formula is C16H18ClN5O. The molecule has 0 radical (unpaired) electrons. The fourth-order valence-electron chi connectivity index (χ4n) is 2.36. The molecule has 23 heavy (non-hydrogen) atoms. The Labute approximate surface area is 140 Å². The number of rotatable bonds is 3. The fraction of sp³-hybridized carbons (Fsp3) is 0.312. The van der Waals surface area contributed by atoms with Crippen molar-refractivity contribution in [1.82, 2.24) is 14.9 Å². The average molecular weight is 332 g/mol. The van der Waals surface area contributed by atoms with Crippen molar-refractivity contribution in [2.75, 3.05) is 43.4 Å². The number of carbonyl (C=O) groups excluding carboxylic acids is 1. The first-order valence-corrected chi connectivity index (χ1v) is 7.82. The summed E-state index contributed by atoms with van der Waals surface area (Å²) in [6.45, 7) is 3.82. The van der Waals surface area contributed by atoms with Crippen LogP contribution in [0.2, 0.25) is 5.02 Å². The minimum Gasteiger partial charge on any atom is -0.338 e. The predicted molar refractivity (Wildman–Crippen MR) is 91.1 cm³/mol. The maximum Gasteiger partial charge on any atom is 0.255 e. The van der Waals surface area contributed by atoms with Gasteiger partial charge in [-0.1, -0.05) is 11.6 Å². The summed E-state index contributed by atoms with van der Waals surface area (Å²) in [5, 5.41) is 3.38. The van der Waals surface area contributed by atoms with Crippen LogP contribution >= 0.6 is 11.6 Å². The Morgan fingerprint density at radius 3 is 2.30 bits per heavy atom. The minimum absolute atomic E-state index is 0.211. The van der Waals surface area contributed by atoms with E-state index >= 15 is 0 Å². The van der Waals surface area contributed by atoms with Crippen molar-refractivity contribution in [2.24, 2.45) is 0 Å². The molecule has 1 saturated heterocycles. The molecule has 7 heteroatoms. The van der Waals surface area contributed by atoms with Crippen LogP contribution < -0.4 is 10.2 Å². The van der Waals surface area contributed by atoms with Gasteiger partial charge in [-0.3, -0.25) is 4.79 Å². The lowest BCUT2D eigenvalue weighted by Crippen LogP contribution is -2.45. The van der Waals surface area contributed by atoms with E-state index in [1.807, 2.05) is 0 Å². The lowest BCUT2D eigenvalue weighted by atomic mass is 10.2. The standard InChI is InChI=1S/C16H18ClN5O/c1-21-6-8-22(9-7-21)16-18-10-14(11-19-16)20-15(23)12-2-4-13(17)5-3-12/h2-5,10-11H,6-9H2,1H3,(H,20,23). The molecule has 1 amide bonds. The number of carbonyl (C=O) groups is 1. The smallest absolute Gasteiger partial charge is 0.255 e. The number of aromatic nitrogens is 2. The summed E-state index contributed by atoms with van der Waals surface area (Å²) in [4.78, 5) is 25.2. The second-order valence-electron chi connectivity index (χ2n) is 5.52. The van der Waals surface area contributed by atoms with Gasteiger partial charge in [-0.15, -0.1) is 0 Å². The molecular weight excluding hydrogens is 314 g/mol. The Kier molecular flexibility index (Phi) is 4.73. The molecule has 0 bridgehead atoms. The molecule has 0 aliphatic carbocycles. The number of hydrogen-bond donors (Lipinski definition) is 1. The third kappa shape index (κ3) is 3.97. The molecule has 0 saturated carbocycles. The summed E-state index contributed by atoms with van der Waals surface area (Å²) >= 11 is 5.82. The Bertz CT molecular complexity index is 666. The first-order chi connectivity index (χ1) is 11.1. The van der Waals surface area contributed by atoms with Gasteiger partial charge in [0.25, 0.3) is 5.91 Å². The van der Waals surface area contributed by atoms with Crippen LogP contribution in [-0.2, 0) is 0 Å². The van der Waals surface area contributed by atoms with Crippen LogP contribution in [0.1, 0.15) is 10.4 Å². The van der Waals surface area contributed by atoms with Crippen molar-refractivity contribution >= 4 is 29.1 Å². The first-order valence-electron chi connectivity index (χ1n) is 7.44. The van der Waals surface area contributed by atoms with Gasteiger partial charge in [0.05, 0.1) is 18.1 Å². The van der Waals surface area contributed by atoms with Crippen molar-refractivity contribution in [3.63, 3.8) is 0 Å². The largest absolute Gasteiger partial charge is 0.338 e. The number of halogens is 1. The normalized spacial score (nSPS) is 15.5. The van der Waals surface area contributed by atoms with Gasteiger partial charge in [0.15, 0.2) is 0 Å². The monoisotopic (exact) mass is 331 g/mol. The van der Waals surface area contributed by atoms with Gasteiger partial charge in [-0.25, -0.2) is 9.97 Å². The van der Waals surface area contributed by atoms with Crippen molar-refractivity contribution < 1.29 is 4.79 Å². The van der Waals surface area contributed by atoms with Crippen molar-refractivity contribution in [1.29, 1.82) is 0 Å². The second-order valence-corrected chi connectivity index (χ2v) is 5.96. The first kappa shape index (κ1) is 15.7. The Morgan fingerprint density at radius 1 is 1.09 bits per heavy atom. The zero-order valence-corrected chi connectivity index (χ0v) is 13.6. The highest BCUT2D eigenvalue weighted by Gasteiger charge is 2.16. The topological polar surface area (TPSA) is 61.4 Å². The average Bonchev–Trinajstić information content (AvgIpc) is 2.57. The zero-order valence-electron chi connectivity index (χ0n) is 12.9. The van der Waals surface area contributed by atoms with Gasteiger partial charge < -0.3 is 15.1 Å². The van der Waals surface area contributed by atoms with E-state index in [4.69, 9.17) is 11.6 Å². The van der Waals surface area contributed by atoms with Gasteiger partial charge in [0, 0.05) is 36.8 Å². The zero-order chi connectivity index (χ0) is 16.2. The molecule has 1 N–H and O–H groups in total. The number of piperazine rings is 1. The van der Waals surface area contributed by atoms with Gasteiger partial charge in [0.2, 0.25) is 5.95 Å². The summed E-state index contributed by atoms with van der Waals surface area (Å²) in [5.41, 5.74) is 1.11. The lowest BCUT2D eigenvalue weighted by molar-refractivity contribution is 0.102. The van der Waals surface area contributed by atoms with Gasteiger partial charge in [-0.05, 0) is 31.3 Å². The number of hydrogen-bond acceptors (Lipinski definition) is 5. The van der Waals surface area contributed by atoms with Crippen molar-refractivity contribution in [3.8, 4) is 0 Å². The molecule has 1 aliphatic rings. The summed E-state index contributed by atoms with van der Waals surface area (Å²) < 4.78 is 0. The number of amides is 1. The Morgan fingerprint density at radius 2 is 1.70 bits per heavy atom. The molecule has 2 heterocycles. The molecule has 1 aromatic heterocycles. The van der Waals surface area contributed by atoms with Crippen molar-refractivity contribution in [2.45, 2.75) is 0 Å². The van der Waals surface area contributed by atoms with E-state index in [1.165, 1.54) is 0 Å². The SMILES string of the molecule is CN1CCN(c2ncc(NC(=O)c3ccc(Cl)cc3)cn2)CC1. The van der Waals surface area contributed by atoms with Crippen LogP contribution in [0.4, 0.5) is 11.6 Å². The molecule has 0 spiro atoms. The van der Waals surface area contributed by atoms with E-state index in [0.29, 0.717) is 22.2 Å². The molecule has 0 atom stereocenters. The maximum absolute atomic E-state index is 12.1. The molecule has 120 valence electrons. The molecule has 3 rings (SSSR count). The number of nitrogens with zero attached hydrogens (tertiary/aromatic N) is 4. The van der Waals surface area contributed by atoms with Gasteiger partial charge in [-0.2, -0.15) is 0 Å². The van der Waals surface area contributed by atoms with Crippen LogP contribution in [0.5, 0.6) is 0 Å². The van der Waals surface area contributed by atoms with E-state index < -0.39 is 0 Å².